The fourth-order valence-corrected chi connectivity index (χ4v) is 1.80. The van der Waals surface area contributed by atoms with Crippen molar-refractivity contribution in [2.24, 2.45) is 5.92 Å². The molecule has 2 unspecified atom stereocenters. The molecule has 0 bridgehead atoms. The molecule has 0 saturated heterocycles. The third-order valence-corrected chi connectivity index (χ3v) is 2.55. The Morgan fingerprint density at radius 2 is 2.21 bits per heavy atom. The number of benzene rings is 1. The zero-order valence-corrected chi connectivity index (χ0v) is 7.21. The molecule has 2 nitrogen and oxygen atoms in total. The fourth-order valence-electron chi connectivity index (χ4n) is 1.80. The fraction of sp³-hybridized carbons (Fsp3) is 0.300. The lowest BCUT2D eigenvalue weighted by Gasteiger charge is -2.05. The van der Waals surface area contributed by atoms with Crippen molar-refractivity contribution in [1.82, 2.24) is 0 Å². The van der Waals surface area contributed by atoms with Crippen LogP contribution in [0.5, 0.6) is 0 Å². The number of halogens is 2. The van der Waals surface area contributed by atoms with Crippen LogP contribution in [-0.2, 0) is 11.2 Å². The van der Waals surface area contributed by atoms with Gasteiger partial charge < -0.3 is 5.11 Å². The molecule has 0 radical (unpaired) electrons. The highest BCUT2D eigenvalue weighted by atomic mass is 19.1. The molecule has 4 heteroatoms. The van der Waals surface area contributed by atoms with Crippen molar-refractivity contribution in [2.75, 3.05) is 0 Å². The standard InChI is InChI=1S/C10H8F2O2/c11-8-3-1-2-5-6(8)4-7(9(5)12)10(13)14/h1-3,7,9H,4H2,(H,13,14). The molecule has 2 atom stereocenters. The molecule has 1 aromatic carbocycles. The first-order chi connectivity index (χ1) is 6.61. The molecule has 0 aromatic heterocycles. The van der Waals surface area contributed by atoms with Gasteiger partial charge in [-0.25, -0.2) is 8.78 Å². The highest BCUT2D eigenvalue weighted by molar-refractivity contribution is 5.73. The average Bonchev–Trinajstić information content (AvgIpc) is 2.46. The largest absolute Gasteiger partial charge is 0.481 e. The first kappa shape index (κ1) is 9.12. The van der Waals surface area contributed by atoms with E-state index in [9.17, 15) is 13.6 Å². The molecule has 1 aliphatic carbocycles. The predicted octanol–water partition coefficient (Wildman–Crippen LogP) is 2.09. The van der Waals surface area contributed by atoms with E-state index in [0.717, 1.165) is 0 Å². The first-order valence-corrected chi connectivity index (χ1v) is 4.25. The van der Waals surface area contributed by atoms with Gasteiger partial charge in [0.25, 0.3) is 0 Å². The Kier molecular flexibility index (Phi) is 1.98. The van der Waals surface area contributed by atoms with E-state index in [1.807, 2.05) is 0 Å². The van der Waals surface area contributed by atoms with Crippen LogP contribution in [0.3, 0.4) is 0 Å². The van der Waals surface area contributed by atoms with Crippen LogP contribution in [0.1, 0.15) is 17.3 Å². The second-order valence-corrected chi connectivity index (χ2v) is 3.36. The van der Waals surface area contributed by atoms with Crippen LogP contribution in [0, 0.1) is 11.7 Å². The van der Waals surface area contributed by atoms with E-state index in [4.69, 9.17) is 5.11 Å². The number of rotatable bonds is 1. The molecule has 1 N–H and O–H groups in total. The Hall–Kier alpha value is -1.45. The molecule has 0 heterocycles. The van der Waals surface area contributed by atoms with Crippen LogP contribution < -0.4 is 0 Å². The van der Waals surface area contributed by atoms with Crippen molar-refractivity contribution >= 4 is 5.97 Å². The van der Waals surface area contributed by atoms with Crippen LogP contribution in [0.2, 0.25) is 0 Å². The minimum Gasteiger partial charge on any atom is -0.481 e. The average molecular weight is 198 g/mol. The van der Waals surface area contributed by atoms with E-state index >= 15 is 0 Å². The maximum atomic E-state index is 13.5. The summed E-state index contributed by atoms with van der Waals surface area (Å²) in [6.45, 7) is 0. The number of carbonyl (C=O) groups is 1. The Balaban J connectivity index is 2.45. The van der Waals surface area contributed by atoms with E-state index in [0.29, 0.717) is 0 Å². The summed E-state index contributed by atoms with van der Waals surface area (Å²) in [7, 11) is 0. The molecule has 0 amide bonds. The number of carboxylic acids is 1. The van der Waals surface area contributed by atoms with Gasteiger partial charge in [0.2, 0.25) is 0 Å². The number of aliphatic carboxylic acids is 1. The summed E-state index contributed by atoms with van der Waals surface area (Å²) in [6, 6.07) is 4.05. The van der Waals surface area contributed by atoms with Crippen LogP contribution in [0.15, 0.2) is 18.2 Å². The zero-order valence-electron chi connectivity index (χ0n) is 7.21. The van der Waals surface area contributed by atoms with Gasteiger partial charge in [-0.1, -0.05) is 12.1 Å². The quantitative estimate of drug-likeness (QED) is 0.750. The maximum Gasteiger partial charge on any atom is 0.310 e. The lowest BCUT2D eigenvalue weighted by atomic mass is 10.1. The van der Waals surface area contributed by atoms with Crippen LogP contribution in [0.25, 0.3) is 0 Å². The Morgan fingerprint density at radius 1 is 1.50 bits per heavy atom. The third-order valence-electron chi connectivity index (χ3n) is 2.55. The van der Waals surface area contributed by atoms with Crippen molar-refractivity contribution in [2.45, 2.75) is 12.6 Å². The van der Waals surface area contributed by atoms with Crippen molar-refractivity contribution in [1.29, 1.82) is 0 Å². The number of fused-ring (bicyclic) bond motifs is 1. The molecule has 74 valence electrons. The van der Waals surface area contributed by atoms with E-state index in [1.165, 1.54) is 18.2 Å². The number of hydrogen-bond acceptors (Lipinski definition) is 1. The molecule has 1 aromatic rings. The smallest absolute Gasteiger partial charge is 0.310 e. The van der Waals surface area contributed by atoms with E-state index < -0.39 is 23.9 Å². The van der Waals surface area contributed by atoms with Gasteiger partial charge in [0.1, 0.15) is 12.0 Å². The lowest BCUT2D eigenvalue weighted by Crippen LogP contribution is -2.15. The van der Waals surface area contributed by atoms with Gasteiger partial charge in [0.05, 0.1) is 5.92 Å². The van der Waals surface area contributed by atoms with Gasteiger partial charge in [0.15, 0.2) is 0 Å². The summed E-state index contributed by atoms with van der Waals surface area (Å²) < 4.78 is 26.6. The van der Waals surface area contributed by atoms with Gasteiger partial charge in [0, 0.05) is 0 Å². The maximum absolute atomic E-state index is 13.5. The topological polar surface area (TPSA) is 37.3 Å². The molecule has 2 rings (SSSR count). The zero-order chi connectivity index (χ0) is 10.3. The molecule has 14 heavy (non-hydrogen) atoms. The van der Waals surface area contributed by atoms with Crippen molar-refractivity contribution < 1.29 is 18.7 Å². The van der Waals surface area contributed by atoms with Crippen molar-refractivity contribution in [3.05, 3.63) is 35.1 Å². The Bertz CT molecular complexity index is 390. The molecule has 0 saturated carbocycles. The molecule has 0 spiro atoms. The monoisotopic (exact) mass is 198 g/mol. The second kappa shape index (κ2) is 3.04. The summed E-state index contributed by atoms with van der Waals surface area (Å²) in [5, 5.41) is 8.68. The number of carboxylic acid groups (broad SMARTS) is 1. The molecule has 1 aliphatic rings. The predicted molar refractivity (Wildman–Crippen MR) is 45.1 cm³/mol. The molecule has 0 aliphatic heterocycles. The molecule has 0 fully saturated rings. The number of alkyl halides is 1. The van der Waals surface area contributed by atoms with Gasteiger partial charge in [-0.3, -0.25) is 4.79 Å². The van der Waals surface area contributed by atoms with E-state index in [2.05, 4.69) is 0 Å². The van der Waals surface area contributed by atoms with Crippen molar-refractivity contribution in [3.63, 3.8) is 0 Å². The molecular formula is C10H8F2O2. The second-order valence-electron chi connectivity index (χ2n) is 3.36. The molecular weight excluding hydrogens is 190 g/mol. The van der Waals surface area contributed by atoms with Gasteiger partial charge in [-0.15, -0.1) is 0 Å². The normalized spacial score (nSPS) is 24.7. The van der Waals surface area contributed by atoms with Gasteiger partial charge in [-0.2, -0.15) is 0 Å². The van der Waals surface area contributed by atoms with E-state index in [-0.39, 0.29) is 17.5 Å². The minimum absolute atomic E-state index is 0.0570. The van der Waals surface area contributed by atoms with Gasteiger partial charge >= 0.3 is 5.97 Å². The van der Waals surface area contributed by atoms with Crippen LogP contribution in [-0.4, -0.2) is 11.1 Å². The summed E-state index contributed by atoms with van der Waals surface area (Å²) in [6.07, 6.45) is -1.64. The Labute approximate surface area is 79.2 Å². The van der Waals surface area contributed by atoms with E-state index in [1.54, 1.807) is 0 Å². The summed E-state index contributed by atoms with van der Waals surface area (Å²) in [5.41, 5.74) is 0.379. The first-order valence-electron chi connectivity index (χ1n) is 4.25. The van der Waals surface area contributed by atoms with Gasteiger partial charge in [-0.05, 0) is 23.6 Å². The minimum atomic E-state index is -1.59. The Morgan fingerprint density at radius 3 is 2.79 bits per heavy atom. The number of hydrogen-bond donors (Lipinski definition) is 1. The SMILES string of the molecule is O=C(O)C1Cc2c(F)cccc2C1F. The lowest BCUT2D eigenvalue weighted by molar-refractivity contribution is -0.143. The summed E-state index contributed by atoms with van der Waals surface area (Å²) >= 11 is 0. The van der Waals surface area contributed by atoms with Crippen molar-refractivity contribution in [3.8, 4) is 0 Å². The summed E-state index contributed by atoms with van der Waals surface area (Å²) in [4.78, 5) is 10.6. The highest BCUT2D eigenvalue weighted by Crippen LogP contribution is 2.39. The third kappa shape index (κ3) is 1.18. The van der Waals surface area contributed by atoms with Crippen LogP contribution >= 0.6 is 0 Å². The van der Waals surface area contributed by atoms with Crippen LogP contribution in [0.4, 0.5) is 8.78 Å². The summed E-state index contributed by atoms with van der Waals surface area (Å²) in [5.74, 6) is -2.87. The highest BCUT2D eigenvalue weighted by Gasteiger charge is 2.38.